The van der Waals surface area contributed by atoms with E-state index in [4.69, 9.17) is 10.6 Å². The van der Waals surface area contributed by atoms with Crippen molar-refractivity contribution in [2.24, 2.45) is 10.9 Å². The number of pyridine rings is 1. The number of nitrogens with two attached hydrogens (primary N) is 1. The maximum Gasteiger partial charge on any atom is 0.267 e. The van der Waals surface area contributed by atoms with Gasteiger partial charge in [-0.15, -0.1) is 0 Å². The van der Waals surface area contributed by atoms with E-state index in [9.17, 15) is 9.90 Å². The summed E-state index contributed by atoms with van der Waals surface area (Å²) in [6.07, 6.45) is 0. The minimum atomic E-state index is -0.692. The molecule has 0 aliphatic heterocycles. The summed E-state index contributed by atoms with van der Waals surface area (Å²) in [6.45, 7) is 7.52. The second kappa shape index (κ2) is 7.23. The Morgan fingerprint density at radius 2 is 1.96 bits per heavy atom. The van der Waals surface area contributed by atoms with Gasteiger partial charge in [0.05, 0.1) is 0 Å². The van der Waals surface area contributed by atoms with Gasteiger partial charge in [-0.2, -0.15) is 0 Å². The van der Waals surface area contributed by atoms with Crippen LogP contribution >= 0.6 is 15.9 Å². The molecule has 0 saturated heterocycles. The van der Waals surface area contributed by atoms with Crippen molar-refractivity contribution < 1.29 is 14.7 Å². The maximum atomic E-state index is 11.4. The van der Waals surface area contributed by atoms with Gasteiger partial charge >= 0.3 is 0 Å². The number of hydrogen-bond acceptors (Lipinski definition) is 5. The minimum absolute atomic E-state index is 0.0300. The van der Waals surface area contributed by atoms with Crippen molar-refractivity contribution >= 4 is 27.5 Å². The summed E-state index contributed by atoms with van der Waals surface area (Å²) < 4.78 is 0.874. The van der Waals surface area contributed by atoms with E-state index in [2.05, 4.69) is 26.1 Å². The quantitative estimate of drug-likeness (QED) is 0.600. The van der Waals surface area contributed by atoms with Crippen molar-refractivity contribution in [2.75, 3.05) is 0 Å². The van der Waals surface area contributed by atoms with Crippen LogP contribution in [0.15, 0.2) is 40.0 Å². The number of carbonyl (C=O) groups excluding carboxylic acids is 1. The van der Waals surface area contributed by atoms with Gasteiger partial charge in [-0.1, -0.05) is 33.2 Å². The molecule has 3 N–H and O–H groups in total. The molecule has 25 heavy (non-hydrogen) atoms. The molecule has 0 aliphatic rings. The summed E-state index contributed by atoms with van der Waals surface area (Å²) in [5.74, 6) is -0.819. The van der Waals surface area contributed by atoms with E-state index >= 15 is 0 Å². The molecule has 0 bridgehead atoms. The minimum Gasteiger partial charge on any atom is -0.506 e. The number of primary amides is 1. The second-order valence-corrected chi connectivity index (χ2v) is 7.39. The molecular weight excluding hydrogens is 386 g/mol. The van der Waals surface area contributed by atoms with Gasteiger partial charge < -0.3 is 15.7 Å². The summed E-state index contributed by atoms with van der Waals surface area (Å²) in [7, 11) is 0. The van der Waals surface area contributed by atoms with Crippen LogP contribution in [0.25, 0.3) is 0 Å². The molecular formula is C18H20BrN3O3. The molecule has 2 aromatic rings. The van der Waals surface area contributed by atoms with Crippen LogP contribution in [0, 0.1) is 6.92 Å². The number of benzene rings is 1. The van der Waals surface area contributed by atoms with Crippen LogP contribution in [0.5, 0.6) is 5.75 Å². The lowest BCUT2D eigenvalue weighted by Crippen LogP contribution is -2.19. The third-order valence-corrected chi connectivity index (χ3v) is 4.06. The van der Waals surface area contributed by atoms with Crippen LogP contribution in [0.2, 0.25) is 0 Å². The molecule has 7 heteroatoms. The predicted molar refractivity (Wildman–Crippen MR) is 99.8 cm³/mol. The third kappa shape index (κ3) is 4.79. The SMILES string of the molecule is Cc1ccc(/C(=N/OC(C)(C)C)c2nc(C(N)=O)ccc2O)cc1Br. The molecule has 0 saturated carbocycles. The fraction of sp³-hybridized carbons (Fsp3) is 0.278. The number of carbonyl (C=O) groups is 1. The van der Waals surface area contributed by atoms with Gasteiger partial charge in [-0.3, -0.25) is 4.79 Å². The van der Waals surface area contributed by atoms with Crippen LogP contribution in [0.1, 0.15) is 48.1 Å². The largest absolute Gasteiger partial charge is 0.506 e. The number of amides is 1. The number of aromatic nitrogens is 1. The average Bonchev–Trinajstić information content (AvgIpc) is 2.51. The van der Waals surface area contributed by atoms with Crippen LogP contribution in [-0.4, -0.2) is 27.3 Å². The molecule has 1 aromatic heterocycles. The van der Waals surface area contributed by atoms with E-state index in [1.54, 1.807) is 0 Å². The lowest BCUT2D eigenvalue weighted by molar-refractivity contribution is 0.00110. The highest BCUT2D eigenvalue weighted by Gasteiger charge is 2.19. The molecule has 0 radical (unpaired) electrons. The van der Waals surface area contributed by atoms with Crippen molar-refractivity contribution in [2.45, 2.75) is 33.3 Å². The van der Waals surface area contributed by atoms with Crippen molar-refractivity contribution in [1.82, 2.24) is 4.98 Å². The summed E-state index contributed by atoms with van der Waals surface area (Å²) >= 11 is 3.48. The smallest absolute Gasteiger partial charge is 0.267 e. The zero-order chi connectivity index (χ0) is 18.8. The van der Waals surface area contributed by atoms with E-state index in [0.717, 1.165) is 10.0 Å². The zero-order valence-electron chi connectivity index (χ0n) is 14.5. The van der Waals surface area contributed by atoms with Crippen LogP contribution in [0.4, 0.5) is 0 Å². The maximum absolute atomic E-state index is 11.4. The Balaban J connectivity index is 2.65. The number of rotatable bonds is 4. The van der Waals surface area contributed by atoms with Crippen molar-refractivity contribution in [3.05, 3.63) is 57.3 Å². The van der Waals surface area contributed by atoms with Gasteiger partial charge in [0.1, 0.15) is 28.5 Å². The molecule has 132 valence electrons. The fourth-order valence-electron chi connectivity index (χ4n) is 1.92. The predicted octanol–water partition coefficient (Wildman–Crippen LogP) is 3.52. The summed E-state index contributed by atoms with van der Waals surface area (Å²) in [4.78, 5) is 21.1. The molecule has 1 heterocycles. The molecule has 1 amide bonds. The van der Waals surface area contributed by atoms with Crippen molar-refractivity contribution in [3.8, 4) is 5.75 Å². The number of aryl methyl sites for hydroxylation is 1. The highest BCUT2D eigenvalue weighted by Crippen LogP contribution is 2.24. The Labute approximate surface area is 154 Å². The van der Waals surface area contributed by atoms with E-state index in [1.165, 1.54) is 12.1 Å². The number of halogens is 1. The number of aromatic hydroxyl groups is 1. The lowest BCUT2D eigenvalue weighted by atomic mass is 10.0. The van der Waals surface area contributed by atoms with Gasteiger partial charge in [0.25, 0.3) is 5.91 Å². The molecule has 0 spiro atoms. The third-order valence-electron chi connectivity index (χ3n) is 3.21. The van der Waals surface area contributed by atoms with Gasteiger partial charge in [-0.25, -0.2) is 4.98 Å². The normalized spacial score (nSPS) is 12.1. The van der Waals surface area contributed by atoms with Crippen molar-refractivity contribution in [3.63, 3.8) is 0 Å². The Morgan fingerprint density at radius 3 is 2.52 bits per heavy atom. The Bertz CT molecular complexity index is 842. The Hall–Kier alpha value is -2.41. The highest BCUT2D eigenvalue weighted by atomic mass is 79.9. The number of hydrogen-bond donors (Lipinski definition) is 2. The van der Waals surface area contributed by atoms with Gasteiger partial charge in [-0.05, 0) is 51.5 Å². The van der Waals surface area contributed by atoms with Crippen molar-refractivity contribution in [1.29, 1.82) is 0 Å². The fourth-order valence-corrected chi connectivity index (χ4v) is 2.30. The topological polar surface area (TPSA) is 97.8 Å². The first-order chi connectivity index (χ1) is 11.6. The Morgan fingerprint density at radius 1 is 1.28 bits per heavy atom. The van der Waals surface area contributed by atoms with Crippen LogP contribution in [0.3, 0.4) is 0 Å². The molecule has 2 rings (SSSR count). The Kier molecular flexibility index (Phi) is 5.47. The van der Waals surface area contributed by atoms with Gasteiger partial charge in [0.15, 0.2) is 0 Å². The number of oxime groups is 1. The van der Waals surface area contributed by atoms with Crippen LogP contribution in [-0.2, 0) is 4.84 Å². The van der Waals surface area contributed by atoms with E-state index < -0.39 is 11.5 Å². The monoisotopic (exact) mass is 405 g/mol. The standard InChI is InChI=1S/C18H20BrN3O3/c1-10-5-6-11(9-12(10)19)15(22-25-18(2,3)4)16-14(23)8-7-13(21-16)17(20)24/h5-9,23H,1-4H3,(H2,20,24)/b22-15-. The zero-order valence-corrected chi connectivity index (χ0v) is 16.1. The van der Waals surface area contributed by atoms with Gasteiger partial charge in [0, 0.05) is 10.0 Å². The molecule has 1 aromatic carbocycles. The molecule has 6 nitrogen and oxygen atoms in total. The van der Waals surface area contributed by atoms with E-state index in [1.807, 2.05) is 45.9 Å². The lowest BCUT2D eigenvalue weighted by Gasteiger charge is -2.17. The average molecular weight is 406 g/mol. The van der Waals surface area contributed by atoms with Gasteiger partial charge in [0.2, 0.25) is 0 Å². The first-order valence-corrected chi connectivity index (χ1v) is 8.40. The molecule has 0 unspecified atom stereocenters. The highest BCUT2D eigenvalue weighted by molar-refractivity contribution is 9.10. The molecule has 0 atom stereocenters. The summed E-state index contributed by atoms with van der Waals surface area (Å²) in [5.41, 5.74) is 6.93. The first-order valence-electron chi connectivity index (χ1n) is 7.61. The number of nitrogens with zero attached hydrogens (tertiary/aromatic N) is 2. The summed E-state index contributed by atoms with van der Waals surface area (Å²) in [5, 5.41) is 14.4. The summed E-state index contributed by atoms with van der Waals surface area (Å²) in [6, 6.07) is 8.30. The first kappa shape index (κ1) is 18.9. The van der Waals surface area contributed by atoms with E-state index in [-0.39, 0.29) is 17.1 Å². The molecule has 0 aliphatic carbocycles. The van der Waals surface area contributed by atoms with Crippen LogP contribution < -0.4 is 5.73 Å². The molecule has 0 fully saturated rings. The van der Waals surface area contributed by atoms with E-state index in [0.29, 0.717) is 11.3 Å². The second-order valence-electron chi connectivity index (χ2n) is 6.54.